The molecule has 0 aromatic heterocycles. The van der Waals surface area contributed by atoms with Gasteiger partial charge in [-0.3, -0.25) is 0 Å². The number of hydrogen-bond acceptors (Lipinski definition) is 1. The Morgan fingerprint density at radius 1 is 1.18 bits per heavy atom. The first-order chi connectivity index (χ1) is 7.27. The van der Waals surface area contributed by atoms with Crippen LogP contribution < -0.4 is 61.6 Å². The molecule has 1 aromatic carbocycles. The van der Waals surface area contributed by atoms with Gasteiger partial charge in [0.15, 0.2) is 0 Å². The Morgan fingerprint density at radius 2 is 1.71 bits per heavy atom. The summed E-state index contributed by atoms with van der Waals surface area (Å²) in [6, 6.07) is 0.411. The molecule has 0 fully saturated rings. The average Bonchev–Trinajstić information content (AvgIpc) is 2.14. The summed E-state index contributed by atoms with van der Waals surface area (Å²) < 4.78 is 78.8. The molecule has 0 aliphatic heterocycles. The van der Waals surface area contributed by atoms with Crippen LogP contribution in [0.25, 0.3) is 0 Å². The zero-order valence-corrected chi connectivity index (χ0v) is 12.1. The predicted molar refractivity (Wildman–Crippen MR) is 46.6 cm³/mol. The van der Waals surface area contributed by atoms with E-state index in [1.54, 1.807) is 0 Å². The average molecular weight is 282 g/mol. The van der Waals surface area contributed by atoms with E-state index in [1.165, 1.54) is 0 Å². The van der Waals surface area contributed by atoms with E-state index in [9.17, 15) is 26.1 Å². The Bertz CT molecular complexity index is 394. The number of methoxy groups -OCH3 is 1. The van der Waals surface area contributed by atoms with Gasteiger partial charge >= 0.3 is 58.4 Å². The molecule has 0 saturated heterocycles. The number of benzene rings is 1. The molecule has 0 unspecified atom stereocenters. The normalized spacial score (nSPS) is 11.3. The van der Waals surface area contributed by atoms with Crippen LogP contribution in [0.4, 0.5) is 26.1 Å². The quantitative estimate of drug-likeness (QED) is 0.552. The summed E-state index contributed by atoms with van der Waals surface area (Å²) in [4.78, 5) is 0. The van der Waals surface area contributed by atoms with Gasteiger partial charge in [0.1, 0.15) is 11.6 Å². The van der Waals surface area contributed by atoms with Crippen molar-refractivity contribution in [3.05, 3.63) is 23.5 Å². The predicted octanol–water partition coefficient (Wildman–Crippen LogP) is -0.170. The largest absolute Gasteiger partial charge is 1.00 e. The van der Waals surface area contributed by atoms with E-state index in [-0.39, 0.29) is 57.5 Å². The van der Waals surface area contributed by atoms with Crippen molar-refractivity contribution in [2.75, 3.05) is 7.11 Å². The van der Waals surface area contributed by atoms with E-state index >= 15 is 0 Å². The van der Waals surface area contributed by atoms with Gasteiger partial charge in [0.25, 0.3) is 6.43 Å². The molecule has 17 heavy (non-hydrogen) atoms. The molecule has 0 aliphatic carbocycles. The molecular weight excluding hydrogens is 276 g/mol. The van der Waals surface area contributed by atoms with E-state index < -0.39 is 36.0 Å². The van der Waals surface area contributed by atoms with Crippen molar-refractivity contribution in [1.82, 2.24) is 0 Å². The Balaban J connectivity index is 0.00000256. The smallest absolute Gasteiger partial charge is 0.496 e. The fourth-order valence-electron chi connectivity index (χ4n) is 1.18. The molecule has 0 N–H and O–H groups in total. The van der Waals surface area contributed by atoms with Crippen molar-refractivity contribution in [2.24, 2.45) is 0 Å². The summed E-state index contributed by atoms with van der Waals surface area (Å²) in [5.41, 5.74) is -2.47. The van der Waals surface area contributed by atoms with Crippen molar-refractivity contribution >= 4 is 12.4 Å². The van der Waals surface area contributed by atoms with Crippen LogP contribution in [-0.2, 0) is 0 Å². The van der Waals surface area contributed by atoms with Crippen molar-refractivity contribution in [1.29, 1.82) is 0 Å². The topological polar surface area (TPSA) is 9.23 Å². The Kier molecular flexibility index (Phi) is 6.58. The van der Waals surface area contributed by atoms with Crippen LogP contribution in [0.3, 0.4) is 0 Å². The first kappa shape index (κ1) is 17.3. The van der Waals surface area contributed by atoms with Crippen LogP contribution in [0.15, 0.2) is 12.1 Å². The summed E-state index contributed by atoms with van der Waals surface area (Å²) in [7, 11) is 0.897. The van der Waals surface area contributed by atoms with Gasteiger partial charge in [-0.2, -0.15) is 0 Å². The van der Waals surface area contributed by atoms with Crippen LogP contribution in [-0.4, -0.2) is 14.1 Å². The third-order valence-corrected chi connectivity index (χ3v) is 1.93. The molecule has 9 heteroatoms. The summed E-state index contributed by atoms with van der Waals surface area (Å²) in [5.74, 6) is -2.42. The van der Waals surface area contributed by atoms with Crippen molar-refractivity contribution in [3.63, 3.8) is 0 Å². The van der Waals surface area contributed by atoms with Gasteiger partial charge in [-0.25, -0.2) is 13.2 Å². The van der Waals surface area contributed by atoms with Crippen LogP contribution in [0, 0.1) is 5.82 Å². The second-order valence-electron chi connectivity index (χ2n) is 2.99. The van der Waals surface area contributed by atoms with Crippen LogP contribution in [0.5, 0.6) is 5.75 Å². The maximum Gasteiger partial charge on any atom is 1.00 e. The summed E-state index contributed by atoms with van der Waals surface area (Å²) in [6.07, 6.45) is -3.23. The molecular formula is C8H6BF6KO. The number of ether oxygens (including phenoxy) is 1. The molecule has 1 aromatic rings. The maximum atomic E-state index is 13.0. The molecule has 0 saturated carbocycles. The van der Waals surface area contributed by atoms with Gasteiger partial charge in [-0.1, -0.05) is 6.07 Å². The fourth-order valence-corrected chi connectivity index (χ4v) is 1.18. The third kappa shape index (κ3) is 4.16. The molecule has 0 atom stereocenters. The minimum absolute atomic E-state index is 0. The summed E-state index contributed by atoms with van der Waals surface area (Å²) >= 11 is 0. The molecule has 0 spiro atoms. The zero-order valence-electron chi connectivity index (χ0n) is 8.99. The van der Waals surface area contributed by atoms with Crippen LogP contribution in [0.2, 0.25) is 0 Å². The number of hydrogen-bond donors (Lipinski definition) is 0. The van der Waals surface area contributed by atoms with Crippen LogP contribution in [0.1, 0.15) is 12.0 Å². The molecule has 1 rings (SSSR count). The van der Waals surface area contributed by atoms with Gasteiger partial charge in [0, 0.05) is 0 Å². The molecule has 0 heterocycles. The van der Waals surface area contributed by atoms with Crippen molar-refractivity contribution < 1.29 is 82.2 Å². The van der Waals surface area contributed by atoms with E-state index in [1.807, 2.05) is 0 Å². The molecule has 0 bridgehead atoms. The number of halogens is 6. The van der Waals surface area contributed by atoms with E-state index in [0.29, 0.717) is 6.07 Å². The second-order valence-corrected chi connectivity index (χ2v) is 2.99. The first-order valence-electron chi connectivity index (χ1n) is 4.12. The molecule has 0 radical (unpaired) electrons. The third-order valence-electron chi connectivity index (χ3n) is 1.93. The zero-order chi connectivity index (χ0) is 12.5. The Hall–Kier alpha value is 0.301. The minimum atomic E-state index is -5.45. The molecule has 0 aliphatic rings. The molecule has 1 nitrogen and oxygen atoms in total. The second kappa shape index (κ2) is 6.46. The summed E-state index contributed by atoms with van der Waals surface area (Å²) in [5, 5.41) is 0. The van der Waals surface area contributed by atoms with E-state index in [2.05, 4.69) is 4.74 Å². The SMILES string of the molecule is COc1cc([B-](F)(F)F)cc(F)c1C(F)F.[K+]. The first-order valence-corrected chi connectivity index (χ1v) is 4.12. The monoisotopic (exact) mass is 282 g/mol. The standard InChI is InChI=1S/C8H6BF6O.K/c1-16-6-3-4(9(13,14)15)2-5(10)7(6)8(11)12;/h2-3,8H,1H3;/q-1;+1. The number of rotatable bonds is 3. The van der Waals surface area contributed by atoms with Gasteiger partial charge in [-0.15, -0.1) is 5.46 Å². The molecule has 90 valence electrons. The van der Waals surface area contributed by atoms with E-state index in [4.69, 9.17) is 0 Å². The van der Waals surface area contributed by atoms with E-state index in [0.717, 1.165) is 7.11 Å². The van der Waals surface area contributed by atoms with Gasteiger partial charge in [-0.05, 0) is 6.07 Å². The van der Waals surface area contributed by atoms with Gasteiger partial charge < -0.3 is 17.7 Å². The summed E-state index contributed by atoms with van der Waals surface area (Å²) in [6.45, 7) is -5.45. The fraction of sp³-hybridized carbons (Fsp3) is 0.250. The van der Waals surface area contributed by atoms with Gasteiger partial charge in [0.2, 0.25) is 0 Å². The van der Waals surface area contributed by atoms with Crippen LogP contribution >= 0.6 is 0 Å². The maximum absolute atomic E-state index is 13.0. The van der Waals surface area contributed by atoms with Crippen molar-refractivity contribution in [2.45, 2.75) is 6.43 Å². The molecule has 0 amide bonds. The Labute approximate surface area is 136 Å². The minimum Gasteiger partial charge on any atom is -0.496 e. The van der Waals surface area contributed by atoms with Crippen molar-refractivity contribution in [3.8, 4) is 5.75 Å². The number of alkyl halides is 2. The Morgan fingerprint density at radius 3 is 2.06 bits per heavy atom. The van der Waals surface area contributed by atoms with Gasteiger partial charge in [0.05, 0.1) is 12.7 Å².